The first-order valence-corrected chi connectivity index (χ1v) is 11.3. The van der Waals surface area contributed by atoms with Gasteiger partial charge in [0.2, 0.25) is 0 Å². The van der Waals surface area contributed by atoms with E-state index in [-0.39, 0.29) is 24.2 Å². The molecule has 0 atom stereocenters. The third kappa shape index (κ3) is 4.17. The van der Waals surface area contributed by atoms with Crippen LogP contribution in [0.25, 0.3) is 5.57 Å². The molecule has 1 saturated heterocycles. The second-order valence-electron chi connectivity index (χ2n) is 8.60. The van der Waals surface area contributed by atoms with Gasteiger partial charge in [0.05, 0.1) is 12.1 Å². The highest BCUT2D eigenvalue weighted by atomic mass is 19.1. The third-order valence-electron chi connectivity index (χ3n) is 6.30. The molecule has 5 rings (SSSR count). The van der Waals surface area contributed by atoms with E-state index in [1.54, 1.807) is 30.6 Å². The molecule has 2 aliphatic heterocycles. The van der Waals surface area contributed by atoms with Crippen molar-refractivity contribution in [3.8, 4) is 0 Å². The molecule has 3 aromatic rings. The molecule has 0 aliphatic carbocycles. The van der Waals surface area contributed by atoms with Crippen molar-refractivity contribution >= 4 is 23.1 Å². The monoisotopic (exact) mass is 456 g/mol. The van der Waals surface area contributed by atoms with E-state index in [2.05, 4.69) is 35.0 Å². The smallest absolute Gasteiger partial charge is 0.278 e. The predicted molar refractivity (Wildman–Crippen MR) is 128 cm³/mol. The van der Waals surface area contributed by atoms with Crippen LogP contribution in [0.4, 0.5) is 10.1 Å². The highest BCUT2D eigenvalue weighted by Crippen LogP contribution is 2.33. The highest BCUT2D eigenvalue weighted by molar-refractivity contribution is 6.35. The van der Waals surface area contributed by atoms with Crippen molar-refractivity contribution in [2.24, 2.45) is 0 Å². The molecule has 1 aromatic heterocycles. The number of aromatic nitrogens is 1. The number of carbonyl (C=O) groups is 2. The summed E-state index contributed by atoms with van der Waals surface area (Å²) in [7, 11) is 0. The summed E-state index contributed by atoms with van der Waals surface area (Å²) in [6.07, 6.45) is 3.30. The van der Waals surface area contributed by atoms with Gasteiger partial charge in [-0.1, -0.05) is 30.3 Å². The maximum Gasteiger partial charge on any atom is 0.278 e. The summed E-state index contributed by atoms with van der Waals surface area (Å²) in [5.41, 5.74) is 4.39. The summed E-state index contributed by atoms with van der Waals surface area (Å²) in [4.78, 5) is 36.7. The maximum atomic E-state index is 13.6. The summed E-state index contributed by atoms with van der Waals surface area (Å²) in [6.45, 7) is 4.88. The Labute approximate surface area is 197 Å². The van der Waals surface area contributed by atoms with E-state index >= 15 is 0 Å². The lowest BCUT2D eigenvalue weighted by atomic mass is 10.0. The predicted octanol–water partition coefficient (Wildman–Crippen LogP) is 3.63. The molecule has 1 fully saturated rings. The van der Waals surface area contributed by atoms with Gasteiger partial charge in [-0.2, -0.15) is 0 Å². The van der Waals surface area contributed by atoms with Gasteiger partial charge in [0.25, 0.3) is 11.8 Å². The Hall–Kier alpha value is -4.00. The van der Waals surface area contributed by atoms with Gasteiger partial charge in [-0.25, -0.2) is 4.39 Å². The van der Waals surface area contributed by atoms with E-state index < -0.39 is 0 Å². The van der Waals surface area contributed by atoms with Gasteiger partial charge in [0.1, 0.15) is 11.5 Å². The van der Waals surface area contributed by atoms with Crippen LogP contribution in [0.3, 0.4) is 0 Å². The van der Waals surface area contributed by atoms with Crippen LogP contribution < -0.4 is 4.90 Å². The number of carbonyl (C=O) groups excluding carboxylic acids is 2. The minimum atomic E-state index is -0.387. The summed E-state index contributed by atoms with van der Waals surface area (Å²) < 4.78 is 13.6. The lowest BCUT2D eigenvalue weighted by Gasteiger charge is -2.37. The molecule has 3 heterocycles. The quantitative estimate of drug-likeness (QED) is 0.549. The third-order valence-corrected chi connectivity index (χ3v) is 6.30. The minimum absolute atomic E-state index is 0.142. The Kier molecular flexibility index (Phi) is 5.84. The molecule has 0 bridgehead atoms. The summed E-state index contributed by atoms with van der Waals surface area (Å²) in [6, 6.07) is 17.7. The molecule has 0 radical (unpaired) electrons. The van der Waals surface area contributed by atoms with Gasteiger partial charge in [0, 0.05) is 44.3 Å². The Balaban J connectivity index is 1.45. The molecule has 7 heteroatoms. The number of hydrogen-bond donors (Lipinski definition) is 0. The van der Waals surface area contributed by atoms with Crippen LogP contribution in [-0.4, -0.2) is 52.8 Å². The van der Waals surface area contributed by atoms with E-state index in [0.717, 1.165) is 24.3 Å². The Morgan fingerprint density at radius 1 is 0.882 bits per heavy atom. The van der Waals surface area contributed by atoms with E-state index in [1.807, 2.05) is 17.0 Å². The van der Waals surface area contributed by atoms with Crippen molar-refractivity contribution < 1.29 is 14.0 Å². The zero-order valence-corrected chi connectivity index (χ0v) is 18.9. The number of nitrogens with zero attached hydrogens (tertiary/aromatic N) is 4. The van der Waals surface area contributed by atoms with Gasteiger partial charge in [0.15, 0.2) is 0 Å². The average molecular weight is 457 g/mol. The number of rotatable bonds is 5. The van der Waals surface area contributed by atoms with Crippen LogP contribution in [0, 0.1) is 12.7 Å². The number of hydrogen-bond acceptors (Lipinski definition) is 5. The second-order valence-corrected chi connectivity index (χ2v) is 8.60. The van der Waals surface area contributed by atoms with Crippen molar-refractivity contribution in [2.75, 3.05) is 31.1 Å². The first-order valence-electron chi connectivity index (χ1n) is 11.3. The molecule has 6 nitrogen and oxygen atoms in total. The van der Waals surface area contributed by atoms with Crippen molar-refractivity contribution in [1.82, 2.24) is 14.8 Å². The van der Waals surface area contributed by atoms with Crippen molar-refractivity contribution in [1.29, 1.82) is 0 Å². The minimum Gasteiger partial charge on any atom is -0.368 e. The van der Waals surface area contributed by atoms with Crippen LogP contribution >= 0.6 is 0 Å². The number of halogens is 1. The molecule has 2 amide bonds. The van der Waals surface area contributed by atoms with Crippen LogP contribution in [0.15, 0.2) is 78.8 Å². The molecule has 0 saturated carbocycles. The SMILES string of the molecule is Cc1cccc(N2CCN(C3=C(c4ccc(F)cc4)C(=O)N(Cc4cccnc4)C3=O)CC2)c1. The summed E-state index contributed by atoms with van der Waals surface area (Å²) >= 11 is 0. The highest BCUT2D eigenvalue weighted by Gasteiger charge is 2.42. The van der Waals surface area contributed by atoms with Crippen molar-refractivity contribution in [3.05, 3.63) is 101 Å². The molecule has 172 valence electrons. The number of amides is 2. The van der Waals surface area contributed by atoms with E-state index in [9.17, 15) is 14.0 Å². The number of piperazine rings is 1. The summed E-state index contributed by atoms with van der Waals surface area (Å²) in [5, 5.41) is 0. The lowest BCUT2D eigenvalue weighted by molar-refractivity contribution is -0.138. The number of aryl methyl sites for hydroxylation is 1. The Bertz CT molecular complexity index is 1250. The van der Waals surface area contributed by atoms with Crippen LogP contribution in [-0.2, 0) is 16.1 Å². The topological polar surface area (TPSA) is 56.8 Å². The molecule has 0 unspecified atom stereocenters. The van der Waals surface area contributed by atoms with Crippen LogP contribution in [0.2, 0.25) is 0 Å². The van der Waals surface area contributed by atoms with Crippen LogP contribution in [0.5, 0.6) is 0 Å². The van der Waals surface area contributed by atoms with Gasteiger partial charge < -0.3 is 9.80 Å². The van der Waals surface area contributed by atoms with Gasteiger partial charge in [-0.15, -0.1) is 0 Å². The second kappa shape index (κ2) is 9.09. The van der Waals surface area contributed by atoms with E-state index in [4.69, 9.17) is 0 Å². The zero-order valence-electron chi connectivity index (χ0n) is 18.9. The average Bonchev–Trinajstić information content (AvgIpc) is 3.10. The van der Waals surface area contributed by atoms with E-state index in [0.29, 0.717) is 29.9 Å². The van der Waals surface area contributed by atoms with Gasteiger partial charge >= 0.3 is 0 Å². The molecule has 2 aromatic carbocycles. The number of pyridine rings is 1. The fraction of sp³-hybridized carbons (Fsp3) is 0.222. The molecule has 0 spiro atoms. The largest absolute Gasteiger partial charge is 0.368 e. The fourth-order valence-corrected chi connectivity index (χ4v) is 4.56. The fourth-order valence-electron chi connectivity index (χ4n) is 4.56. The van der Waals surface area contributed by atoms with E-state index in [1.165, 1.54) is 22.6 Å². The zero-order chi connectivity index (χ0) is 23.7. The standard InChI is InChI=1S/C27H25FN4O2/c1-19-4-2-6-23(16-19)30-12-14-31(15-13-30)25-24(21-7-9-22(28)10-8-21)26(33)32(27(25)34)18-20-5-3-11-29-17-20/h2-11,16-17H,12-15,18H2,1H3. The lowest BCUT2D eigenvalue weighted by Crippen LogP contribution is -2.47. The molecule has 0 N–H and O–H groups in total. The summed E-state index contributed by atoms with van der Waals surface area (Å²) in [5.74, 6) is -1.07. The number of benzene rings is 2. The molecular weight excluding hydrogens is 431 g/mol. The molecular formula is C27H25FN4O2. The number of anilines is 1. The Morgan fingerprint density at radius 3 is 2.29 bits per heavy atom. The first-order chi connectivity index (χ1) is 16.5. The van der Waals surface area contributed by atoms with Crippen molar-refractivity contribution in [2.45, 2.75) is 13.5 Å². The van der Waals surface area contributed by atoms with Crippen molar-refractivity contribution in [3.63, 3.8) is 0 Å². The molecule has 34 heavy (non-hydrogen) atoms. The first kappa shape index (κ1) is 21.8. The Morgan fingerprint density at radius 2 is 1.62 bits per heavy atom. The van der Waals surface area contributed by atoms with Crippen LogP contribution in [0.1, 0.15) is 16.7 Å². The van der Waals surface area contributed by atoms with Gasteiger partial charge in [-0.3, -0.25) is 19.5 Å². The number of imide groups is 1. The maximum absolute atomic E-state index is 13.6. The molecule has 2 aliphatic rings. The normalized spacial score (nSPS) is 16.6. The van der Waals surface area contributed by atoms with Gasteiger partial charge in [-0.05, 0) is 53.9 Å².